The maximum atomic E-state index is 14.6. The average molecular weight is 636 g/mol. The maximum Gasteiger partial charge on any atom is 0.251 e. The van der Waals surface area contributed by atoms with Gasteiger partial charge in [-0.05, 0) is 68.3 Å². The number of fused-ring (bicyclic) bond motifs is 2. The van der Waals surface area contributed by atoms with Gasteiger partial charge in [0.2, 0.25) is 11.8 Å². The van der Waals surface area contributed by atoms with Gasteiger partial charge in [-0.3, -0.25) is 14.4 Å². The number of unbranched alkanes of at least 4 members (excludes halogenated alkanes) is 3. The molecule has 10 heteroatoms. The number of nitrogens with zero attached hydrogens (tertiary/aromatic N) is 3. The van der Waals surface area contributed by atoms with Crippen LogP contribution in [0.3, 0.4) is 0 Å². The molecule has 2 saturated heterocycles. The molecule has 6 rings (SSSR count). The Hall–Kier alpha value is -3.27. The third-order valence-corrected chi connectivity index (χ3v) is 11.1. The lowest BCUT2D eigenvalue weighted by Gasteiger charge is -2.35. The summed E-state index contributed by atoms with van der Waals surface area (Å²) in [5.74, 6) is -0.936. The Labute approximate surface area is 267 Å². The number of carbonyl (C=O) groups is 3. The van der Waals surface area contributed by atoms with Crippen molar-refractivity contribution in [3.8, 4) is 5.75 Å². The van der Waals surface area contributed by atoms with E-state index in [1.165, 1.54) is 0 Å². The second kappa shape index (κ2) is 13.0. The van der Waals surface area contributed by atoms with Crippen LogP contribution in [0.1, 0.15) is 32.6 Å². The number of rotatable bonds is 10. The largest absolute Gasteiger partial charge is 0.494 e. The molecule has 4 aliphatic heterocycles. The number of likely N-dealkylation sites (tertiary alicyclic amines) is 1. The van der Waals surface area contributed by atoms with Crippen LogP contribution in [0, 0.1) is 11.8 Å². The molecular weight excluding hydrogens is 598 g/mol. The molecule has 0 aromatic heterocycles. The second-order valence-corrected chi connectivity index (χ2v) is 13.6. The van der Waals surface area contributed by atoms with Crippen molar-refractivity contribution in [1.82, 2.24) is 4.90 Å². The number of hydrogen-bond acceptors (Lipinski definition) is 6. The first-order valence-electron chi connectivity index (χ1n) is 15.4. The van der Waals surface area contributed by atoms with E-state index in [0.717, 1.165) is 30.0 Å². The quantitative estimate of drug-likeness (QED) is 0.289. The van der Waals surface area contributed by atoms with Crippen LogP contribution in [-0.2, 0) is 14.4 Å². The Bertz CT molecular complexity index is 1450. The lowest BCUT2D eigenvalue weighted by atomic mass is 9.78. The second-order valence-electron chi connectivity index (χ2n) is 11.6. The van der Waals surface area contributed by atoms with E-state index >= 15 is 0 Å². The van der Waals surface area contributed by atoms with Gasteiger partial charge >= 0.3 is 0 Å². The molecule has 1 spiro atoms. The highest BCUT2D eigenvalue weighted by atomic mass is 35.5. The van der Waals surface area contributed by atoms with Crippen LogP contribution in [0.5, 0.6) is 5.75 Å². The normalized spacial score (nSPS) is 27.7. The predicted molar refractivity (Wildman–Crippen MR) is 174 cm³/mol. The van der Waals surface area contributed by atoms with Crippen molar-refractivity contribution in [2.75, 3.05) is 42.6 Å². The summed E-state index contributed by atoms with van der Waals surface area (Å²) in [6.45, 7) is 3.81. The molecule has 0 radical (unpaired) electrons. The first kappa shape index (κ1) is 30.7. The van der Waals surface area contributed by atoms with Crippen LogP contribution in [-0.4, -0.2) is 76.6 Å². The van der Waals surface area contributed by atoms with Gasteiger partial charge in [0.05, 0.1) is 23.2 Å². The molecule has 2 aromatic rings. The van der Waals surface area contributed by atoms with Crippen LogP contribution in [0.4, 0.5) is 11.4 Å². The Balaban J connectivity index is 1.36. The van der Waals surface area contributed by atoms with E-state index in [9.17, 15) is 19.5 Å². The van der Waals surface area contributed by atoms with Gasteiger partial charge in [0.1, 0.15) is 11.8 Å². The van der Waals surface area contributed by atoms with Gasteiger partial charge < -0.3 is 24.5 Å². The van der Waals surface area contributed by atoms with Gasteiger partial charge in [-0.25, -0.2) is 0 Å². The molecule has 2 fully saturated rings. The van der Waals surface area contributed by atoms with Gasteiger partial charge in [-0.1, -0.05) is 48.7 Å². The summed E-state index contributed by atoms with van der Waals surface area (Å²) >= 11 is 7.74. The highest BCUT2D eigenvalue weighted by Crippen LogP contribution is 2.61. The third kappa shape index (κ3) is 5.43. The predicted octanol–water partition coefficient (Wildman–Crippen LogP) is 5.09. The van der Waals surface area contributed by atoms with Gasteiger partial charge in [0, 0.05) is 47.9 Å². The topological polar surface area (TPSA) is 90.4 Å². The van der Waals surface area contributed by atoms with Crippen molar-refractivity contribution in [1.29, 1.82) is 0 Å². The smallest absolute Gasteiger partial charge is 0.251 e. The van der Waals surface area contributed by atoms with Crippen molar-refractivity contribution < 1.29 is 24.2 Å². The highest BCUT2D eigenvalue weighted by molar-refractivity contribution is 8.02. The summed E-state index contributed by atoms with van der Waals surface area (Å²) in [7, 11) is 0. The van der Waals surface area contributed by atoms with Gasteiger partial charge in [0.15, 0.2) is 0 Å². The van der Waals surface area contributed by atoms with E-state index in [-0.39, 0.29) is 29.6 Å². The molecule has 44 heavy (non-hydrogen) atoms. The minimum Gasteiger partial charge on any atom is -0.494 e. The summed E-state index contributed by atoms with van der Waals surface area (Å²) in [6, 6.07) is 13.9. The van der Waals surface area contributed by atoms with Gasteiger partial charge in [-0.15, -0.1) is 11.8 Å². The van der Waals surface area contributed by atoms with Crippen LogP contribution in [0.15, 0.2) is 72.8 Å². The third-order valence-electron chi connectivity index (χ3n) is 9.06. The number of benzene rings is 2. The fourth-order valence-corrected chi connectivity index (χ4v) is 9.23. The summed E-state index contributed by atoms with van der Waals surface area (Å²) in [5, 5.41) is 9.56. The van der Waals surface area contributed by atoms with E-state index in [1.807, 2.05) is 61.5 Å². The van der Waals surface area contributed by atoms with E-state index in [1.54, 1.807) is 38.6 Å². The highest BCUT2D eigenvalue weighted by Gasteiger charge is 2.71. The number of hydrogen-bond donors (Lipinski definition) is 1. The standard InChI is InChI=1S/C34H38ClN3O5S/c1-2-43-26-16-14-25(15-17-26)36-20-7-9-27-28(31(36)40)29-32(41)38(19-5-3-4-6-22-39)30-33(42)37(21-8-18-34(29,30)44-27)24-12-10-23(35)11-13-24/h7-18,27-30,39H,2-6,19-22H2,1H3/t27-,28+,29+,30?,34+/m1/s1. The summed E-state index contributed by atoms with van der Waals surface area (Å²) in [4.78, 5) is 48.7. The molecule has 5 atom stereocenters. The Morgan fingerprint density at radius 1 is 0.886 bits per heavy atom. The fraction of sp³-hybridized carbons (Fsp3) is 0.441. The number of anilines is 2. The minimum absolute atomic E-state index is 0.102. The number of amides is 3. The molecule has 0 saturated carbocycles. The molecule has 0 aliphatic carbocycles. The van der Waals surface area contributed by atoms with Crippen LogP contribution < -0.4 is 14.5 Å². The zero-order chi connectivity index (χ0) is 30.8. The summed E-state index contributed by atoms with van der Waals surface area (Å²) < 4.78 is 4.72. The number of aliphatic hydroxyl groups excluding tert-OH is 1. The van der Waals surface area contributed by atoms with Crippen molar-refractivity contribution >= 4 is 52.5 Å². The molecule has 0 bridgehead atoms. The molecule has 1 N–H and O–H groups in total. The SMILES string of the molecule is CCOc1ccc(N2CC=C[C@H]3S[C@]45C=CCN(c6ccc(Cl)cc6)C(=O)C4N(CCCCCCO)C(=O)[C@@H]5[C@H]3C2=O)cc1. The number of aliphatic hydroxyl groups is 1. The van der Waals surface area contributed by atoms with Crippen LogP contribution in [0.2, 0.25) is 5.02 Å². The molecule has 4 heterocycles. The monoisotopic (exact) mass is 635 g/mol. The average Bonchev–Trinajstić information content (AvgIpc) is 3.33. The molecule has 232 valence electrons. The minimum atomic E-state index is -0.877. The maximum absolute atomic E-state index is 14.6. The number of halogens is 1. The van der Waals surface area contributed by atoms with Gasteiger partial charge in [0.25, 0.3) is 5.91 Å². The number of thioether (sulfide) groups is 1. The molecule has 2 aromatic carbocycles. The lowest BCUT2D eigenvalue weighted by Crippen LogP contribution is -2.53. The van der Waals surface area contributed by atoms with Crippen molar-refractivity contribution in [3.63, 3.8) is 0 Å². The summed E-state index contributed by atoms with van der Waals surface area (Å²) in [5.41, 5.74) is 1.47. The number of ether oxygens (including phenoxy) is 1. The first-order chi connectivity index (χ1) is 21.4. The number of carbonyl (C=O) groups excluding carboxylic acids is 3. The summed E-state index contributed by atoms with van der Waals surface area (Å²) in [6.07, 6.45) is 11.2. The molecular formula is C34H38ClN3O5S. The zero-order valence-corrected chi connectivity index (χ0v) is 26.4. The van der Waals surface area contributed by atoms with Crippen molar-refractivity contribution in [3.05, 3.63) is 77.9 Å². The fourth-order valence-electron chi connectivity index (χ4n) is 7.10. The van der Waals surface area contributed by atoms with E-state index in [4.69, 9.17) is 16.3 Å². The van der Waals surface area contributed by atoms with Gasteiger partial charge in [-0.2, -0.15) is 0 Å². The van der Waals surface area contributed by atoms with E-state index in [2.05, 4.69) is 6.08 Å². The lowest BCUT2D eigenvalue weighted by molar-refractivity contribution is -0.138. The molecule has 3 amide bonds. The zero-order valence-electron chi connectivity index (χ0n) is 24.8. The molecule has 1 unspecified atom stereocenters. The molecule has 8 nitrogen and oxygen atoms in total. The Morgan fingerprint density at radius 3 is 2.25 bits per heavy atom. The Morgan fingerprint density at radius 2 is 1.55 bits per heavy atom. The van der Waals surface area contributed by atoms with E-state index < -0.39 is 22.6 Å². The Kier molecular flexibility index (Phi) is 9.08. The van der Waals surface area contributed by atoms with Crippen molar-refractivity contribution in [2.45, 2.75) is 48.6 Å². The van der Waals surface area contributed by atoms with Crippen LogP contribution >= 0.6 is 23.4 Å². The van der Waals surface area contributed by atoms with E-state index in [0.29, 0.717) is 44.1 Å². The van der Waals surface area contributed by atoms with Crippen molar-refractivity contribution in [2.24, 2.45) is 11.8 Å². The first-order valence-corrected chi connectivity index (χ1v) is 16.7. The molecule has 4 aliphatic rings. The van der Waals surface area contributed by atoms with Crippen LogP contribution in [0.25, 0.3) is 0 Å².